The number of carboxylic acids is 1. The number of carbonyl (C=O) groups excluding carboxylic acids is 1. The number of nitrogens with zero attached hydrogens (tertiary/aromatic N) is 1. The lowest BCUT2D eigenvalue weighted by atomic mass is 9.97. The van der Waals surface area contributed by atoms with E-state index in [9.17, 15) is 35.9 Å². The summed E-state index contributed by atoms with van der Waals surface area (Å²) >= 11 is 0. The van der Waals surface area contributed by atoms with Crippen molar-refractivity contribution < 1.29 is 41.0 Å². The smallest absolute Gasteiger partial charge is 0.416 e. The van der Waals surface area contributed by atoms with Crippen LogP contribution in [-0.4, -0.2) is 21.8 Å². The predicted molar refractivity (Wildman–Crippen MR) is 149 cm³/mol. The van der Waals surface area contributed by atoms with E-state index in [1.165, 1.54) is 30.5 Å². The molecular weight excluding hydrogens is 574 g/mol. The molecule has 224 valence electrons. The summed E-state index contributed by atoms with van der Waals surface area (Å²) in [6, 6.07) is 16.7. The quantitative estimate of drug-likeness (QED) is 0.141. The minimum Gasteiger partial charge on any atom is -0.481 e. The van der Waals surface area contributed by atoms with E-state index in [1.807, 2.05) is 0 Å². The first-order valence-corrected chi connectivity index (χ1v) is 13.2. The van der Waals surface area contributed by atoms with Gasteiger partial charge in [0.05, 0.1) is 11.1 Å². The summed E-state index contributed by atoms with van der Waals surface area (Å²) in [5.74, 6) is -1.39. The van der Waals surface area contributed by atoms with Crippen molar-refractivity contribution in [2.24, 2.45) is 0 Å². The number of carbonyl (C=O) groups is 2. The van der Waals surface area contributed by atoms with Gasteiger partial charge in [-0.05, 0) is 83.6 Å². The lowest BCUT2D eigenvalue weighted by molar-refractivity contribution is -0.138. The molecule has 0 aliphatic heterocycles. The Bertz CT molecular complexity index is 1610. The molecule has 0 spiro atoms. The molecule has 0 saturated heterocycles. The van der Waals surface area contributed by atoms with Gasteiger partial charge >= 0.3 is 18.3 Å². The van der Waals surface area contributed by atoms with Crippen molar-refractivity contribution in [2.45, 2.75) is 45.1 Å². The van der Waals surface area contributed by atoms with Crippen LogP contribution in [0.5, 0.6) is 0 Å². The molecule has 0 saturated carbocycles. The Morgan fingerprint density at radius 3 is 1.98 bits per heavy atom. The molecule has 11 heteroatoms. The fourth-order valence-corrected chi connectivity index (χ4v) is 4.55. The highest BCUT2D eigenvalue weighted by molar-refractivity contribution is 5.94. The summed E-state index contributed by atoms with van der Waals surface area (Å²) < 4.78 is 79.6. The third kappa shape index (κ3) is 8.00. The van der Waals surface area contributed by atoms with E-state index < -0.39 is 29.4 Å². The number of pyridine rings is 1. The third-order valence-electron chi connectivity index (χ3n) is 6.82. The van der Waals surface area contributed by atoms with Crippen LogP contribution < -0.4 is 5.32 Å². The summed E-state index contributed by atoms with van der Waals surface area (Å²) in [6.45, 7) is 1.74. The highest BCUT2D eigenvalue weighted by atomic mass is 19.4. The summed E-state index contributed by atoms with van der Waals surface area (Å²) in [7, 11) is 0. The molecule has 4 aromatic rings. The number of hydrogen-bond acceptors (Lipinski definition) is 4. The number of aromatic nitrogens is 1. The molecule has 0 fully saturated rings. The van der Waals surface area contributed by atoms with Gasteiger partial charge in [-0.3, -0.25) is 14.6 Å². The maximum Gasteiger partial charge on any atom is 0.416 e. The van der Waals surface area contributed by atoms with Gasteiger partial charge in [0, 0.05) is 36.8 Å². The van der Waals surface area contributed by atoms with E-state index in [4.69, 9.17) is 5.11 Å². The van der Waals surface area contributed by atoms with Gasteiger partial charge in [0.1, 0.15) is 5.69 Å². The largest absolute Gasteiger partial charge is 0.481 e. The zero-order valence-electron chi connectivity index (χ0n) is 22.8. The first-order valence-electron chi connectivity index (χ1n) is 13.2. The van der Waals surface area contributed by atoms with E-state index in [0.29, 0.717) is 33.5 Å². The van der Waals surface area contributed by atoms with Crippen LogP contribution in [0.3, 0.4) is 0 Å². The Morgan fingerprint density at radius 1 is 0.767 bits per heavy atom. The Hall–Kier alpha value is -4.67. The van der Waals surface area contributed by atoms with Crippen LogP contribution in [0.25, 0.3) is 22.3 Å². The zero-order chi connectivity index (χ0) is 31.4. The standard InChI is InChI=1S/C32H26F6N2O3/c1-19-15-23(31(33,34)35)10-13-26(19)20-6-11-25(12-7-20)39-17-21-5-9-24(32(36,37)38)16-27(21)22-8-14-28(40-18-22)29(41)3-2-4-30(42)43/h5-16,18,39H,2-4,17H2,1H3,(H,42,43). The minimum atomic E-state index is -4.58. The molecule has 1 aromatic heterocycles. The van der Waals surface area contributed by atoms with Gasteiger partial charge in [0.25, 0.3) is 0 Å². The van der Waals surface area contributed by atoms with Crippen molar-refractivity contribution in [3.63, 3.8) is 0 Å². The maximum atomic E-state index is 13.5. The van der Waals surface area contributed by atoms with E-state index in [0.717, 1.165) is 24.3 Å². The molecule has 0 radical (unpaired) electrons. The Morgan fingerprint density at radius 2 is 1.40 bits per heavy atom. The molecule has 1 heterocycles. The molecule has 43 heavy (non-hydrogen) atoms. The normalized spacial score (nSPS) is 11.8. The highest BCUT2D eigenvalue weighted by Gasteiger charge is 2.32. The van der Waals surface area contributed by atoms with Crippen LogP contribution in [0, 0.1) is 6.92 Å². The second kappa shape index (κ2) is 12.7. The Labute approximate surface area is 243 Å². The van der Waals surface area contributed by atoms with E-state index in [2.05, 4.69) is 10.3 Å². The van der Waals surface area contributed by atoms with Crippen LogP contribution in [0.2, 0.25) is 0 Å². The lowest BCUT2D eigenvalue weighted by Crippen LogP contribution is -2.08. The number of rotatable bonds is 10. The van der Waals surface area contributed by atoms with E-state index in [1.54, 1.807) is 31.2 Å². The second-order valence-corrected chi connectivity index (χ2v) is 9.93. The molecule has 0 bridgehead atoms. The number of carboxylic acid groups (broad SMARTS) is 1. The molecule has 2 N–H and O–H groups in total. The lowest BCUT2D eigenvalue weighted by Gasteiger charge is -2.16. The van der Waals surface area contributed by atoms with Crippen molar-refractivity contribution in [2.75, 3.05) is 5.32 Å². The minimum absolute atomic E-state index is 0.0192. The highest BCUT2D eigenvalue weighted by Crippen LogP contribution is 2.35. The predicted octanol–water partition coefficient (Wildman–Crippen LogP) is 8.81. The third-order valence-corrected chi connectivity index (χ3v) is 6.82. The van der Waals surface area contributed by atoms with Gasteiger partial charge in [-0.15, -0.1) is 0 Å². The molecular formula is C32H26F6N2O3. The first-order chi connectivity index (χ1) is 20.2. The molecule has 5 nitrogen and oxygen atoms in total. The molecule has 0 amide bonds. The van der Waals surface area contributed by atoms with Crippen molar-refractivity contribution in [3.8, 4) is 22.3 Å². The number of Topliss-reactive ketones (excluding diaryl/α,β-unsaturated/α-hetero) is 1. The van der Waals surface area contributed by atoms with Crippen LogP contribution in [0.1, 0.15) is 52.0 Å². The molecule has 4 rings (SSSR count). The molecule has 0 atom stereocenters. The number of anilines is 1. The number of hydrogen-bond donors (Lipinski definition) is 2. The fourth-order valence-electron chi connectivity index (χ4n) is 4.55. The summed E-state index contributed by atoms with van der Waals surface area (Å²) in [6.07, 6.45) is -7.75. The van der Waals surface area contributed by atoms with Crippen molar-refractivity contribution >= 4 is 17.4 Å². The number of benzene rings is 3. The van der Waals surface area contributed by atoms with Crippen LogP contribution in [0.15, 0.2) is 79.0 Å². The first kappa shape index (κ1) is 31.3. The number of ketones is 1. The van der Waals surface area contributed by atoms with Crippen molar-refractivity contribution in [1.29, 1.82) is 0 Å². The average molecular weight is 601 g/mol. The van der Waals surface area contributed by atoms with Gasteiger partial charge in [0.15, 0.2) is 5.78 Å². The second-order valence-electron chi connectivity index (χ2n) is 9.93. The van der Waals surface area contributed by atoms with Gasteiger partial charge < -0.3 is 10.4 Å². The van der Waals surface area contributed by atoms with Crippen LogP contribution >= 0.6 is 0 Å². The topological polar surface area (TPSA) is 79.3 Å². The Balaban J connectivity index is 1.53. The molecule has 3 aromatic carbocycles. The molecule has 0 aliphatic carbocycles. The fraction of sp³-hybridized carbons (Fsp3) is 0.219. The number of aryl methyl sites for hydroxylation is 1. The van der Waals surface area contributed by atoms with Crippen LogP contribution in [-0.2, 0) is 23.7 Å². The van der Waals surface area contributed by atoms with Crippen LogP contribution in [0.4, 0.5) is 32.0 Å². The number of halogens is 6. The van der Waals surface area contributed by atoms with Gasteiger partial charge in [0.2, 0.25) is 0 Å². The van der Waals surface area contributed by atoms with Gasteiger partial charge in [-0.1, -0.05) is 30.3 Å². The van der Waals surface area contributed by atoms with Crippen molar-refractivity contribution in [3.05, 3.63) is 107 Å². The SMILES string of the molecule is Cc1cc(C(F)(F)F)ccc1-c1ccc(NCc2ccc(C(F)(F)F)cc2-c2ccc(C(=O)CCCC(=O)O)nc2)cc1. The summed E-state index contributed by atoms with van der Waals surface area (Å²) in [5.41, 5.74) is 2.10. The number of alkyl halides is 6. The van der Waals surface area contributed by atoms with Crippen molar-refractivity contribution in [1.82, 2.24) is 4.98 Å². The number of aliphatic carboxylic acids is 1. The maximum absolute atomic E-state index is 13.5. The molecule has 0 unspecified atom stereocenters. The van der Waals surface area contributed by atoms with E-state index in [-0.39, 0.29) is 42.8 Å². The number of nitrogens with one attached hydrogen (secondary N) is 1. The van der Waals surface area contributed by atoms with Gasteiger partial charge in [-0.25, -0.2) is 0 Å². The molecule has 0 aliphatic rings. The summed E-state index contributed by atoms with van der Waals surface area (Å²) in [5, 5.41) is 11.9. The monoisotopic (exact) mass is 600 g/mol. The van der Waals surface area contributed by atoms with Gasteiger partial charge in [-0.2, -0.15) is 26.3 Å². The average Bonchev–Trinajstić information content (AvgIpc) is 2.95. The zero-order valence-corrected chi connectivity index (χ0v) is 22.8. The summed E-state index contributed by atoms with van der Waals surface area (Å²) in [4.78, 5) is 27.1. The Kier molecular flexibility index (Phi) is 9.22. The van der Waals surface area contributed by atoms with E-state index >= 15 is 0 Å².